The molecule has 2 fully saturated rings. The molecule has 0 spiro atoms. The average Bonchev–Trinajstić information content (AvgIpc) is 2.99. The second-order valence-corrected chi connectivity index (χ2v) is 9.75. The number of ketones is 1. The van der Waals surface area contributed by atoms with Crippen molar-refractivity contribution in [2.24, 2.45) is 11.3 Å². The van der Waals surface area contributed by atoms with Crippen LogP contribution >= 0.6 is 0 Å². The Kier molecular flexibility index (Phi) is 8.29. The zero-order chi connectivity index (χ0) is 22.4. The molecule has 0 bridgehead atoms. The lowest BCUT2D eigenvalue weighted by Crippen LogP contribution is -2.36. The van der Waals surface area contributed by atoms with E-state index in [9.17, 15) is 19.8 Å². The summed E-state index contributed by atoms with van der Waals surface area (Å²) in [4.78, 5) is 23.1. The molecule has 3 rings (SSSR count). The molecular formula is C26H38O5. The van der Waals surface area contributed by atoms with Gasteiger partial charge in [-0.1, -0.05) is 63.3 Å². The van der Waals surface area contributed by atoms with Gasteiger partial charge in [-0.2, -0.15) is 0 Å². The number of Topliss-reactive ketones (excluding diaryl/α,β-unsaturated/α-hetero) is 1. The van der Waals surface area contributed by atoms with Crippen LogP contribution < -0.4 is 0 Å². The average molecular weight is 431 g/mol. The van der Waals surface area contributed by atoms with E-state index in [0.717, 1.165) is 62.5 Å². The van der Waals surface area contributed by atoms with E-state index in [1.54, 1.807) is 0 Å². The predicted molar refractivity (Wildman–Crippen MR) is 120 cm³/mol. The van der Waals surface area contributed by atoms with Crippen molar-refractivity contribution >= 4 is 11.8 Å². The molecule has 0 aromatic heterocycles. The lowest BCUT2D eigenvalue weighted by molar-refractivity contribution is -0.137. The molecule has 172 valence electrons. The number of benzene rings is 1. The van der Waals surface area contributed by atoms with Gasteiger partial charge in [-0.25, -0.2) is 0 Å². The molecule has 2 saturated carbocycles. The third-order valence-electron chi connectivity index (χ3n) is 7.64. The Morgan fingerprint density at radius 1 is 1.13 bits per heavy atom. The van der Waals surface area contributed by atoms with Crippen molar-refractivity contribution in [1.82, 2.24) is 0 Å². The monoisotopic (exact) mass is 430 g/mol. The quantitative estimate of drug-likeness (QED) is 0.399. The Morgan fingerprint density at radius 3 is 2.39 bits per heavy atom. The number of aliphatic hydroxyl groups excluding tert-OH is 2. The summed E-state index contributed by atoms with van der Waals surface area (Å²) in [7, 11) is 0. The number of carboxylic acid groups (broad SMARTS) is 1. The van der Waals surface area contributed by atoms with E-state index in [1.165, 1.54) is 6.42 Å². The van der Waals surface area contributed by atoms with Crippen LogP contribution in [-0.2, 0) is 9.59 Å². The van der Waals surface area contributed by atoms with Gasteiger partial charge in [0.15, 0.2) is 0 Å². The van der Waals surface area contributed by atoms with Gasteiger partial charge >= 0.3 is 5.97 Å². The molecular weight excluding hydrogens is 392 g/mol. The van der Waals surface area contributed by atoms with Crippen LogP contribution in [0.3, 0.4) is 0 Å². The van der Waals surface area contributed by atoms with Crippen LogP contribution in [0.5, 0.6) is 0 Å². The number of hydrogen-bond donors (Lipinski definition) is 3. The first-order valence-electron chi connectivity index (χ1n) is 12.1. The van der Waals surface area contributed by atoms with Crippen LogP contribution in [0, 0.1) is 11.3 Å². The third-order valence-corrected chi connectivity index (χ3v) is 7.64. The summed E-state index contributed by atoms with van der Waals surface area (Å²) in [6.45, 7) is 2.17. The summed E-state index contributed by atoms with van der Waals surface area (Å²) in [5.74, 6) is -1.00. The lowest BCUT2D eigenvalue weighted by atomic mass is 9.61. The van der Waals surface area contributed by atoms with Crippen molar-refractivity contribution in [3.63, 3.8) is 0 Å². The highest BCUT2D eigenvalue weighted by atomic mass is 16.4. The van der Waals surface area contributed by atoms with Crippen molar-refractivity contribution in [3.05, 3.63) is 35.4 Å². The summed E-state index contributed by atoms with van der Waals surface area (Å²) >= 11 is 0. The molecule has 2 aliphatic carbocycles. The minimum Gasteiger partial charge on any atom is -0.481 e. The molecule has 0 heterocycles. The van der Waals surface area contributed by atoms with E-state index in [1.807, 2.05) is 24.3 Å². The zero-order valence-corrected chi connectivity index (χ0v) is 18.8. The number of carbonyl (C=O) groups excluding carboxylic acids is 1. The maximum Gasteiger partial charge on any atom is 0.303 e. The molecule has 0 aliphatic heterocycles. The standard InChI is InChI=1S/C26H38O5/c1-2-14-26(15-7-16-26)25(31)19-12-10-18(11-13-19)24-20(21(27)17-22(24)28)8-5-3-4-6-9-23(29)30/h10-13,20,22,24-25,28,31H,2-9,14-17H2,1H3,(H,29,30). The maximum absolute atomic E-state index is 12.5. The minimum atomic E-state index is -0.763. The molecule has 4 unspecified atom stereocenters. The first-order valence-corrected chi connectivity index (χ1v) is 12.1. The van der Waals surface area contributed by atoms with E-state index < -0.39 is 18.2 Å². The van der Waals surface area contributed by atoms with Crippen molar-refractivity contribution < 1.29 is 24.9 Å². The number of aliphatic hydroxyl groups is 2. The summed E-state index contributed by atoms with van der Waals surface area (Å²) in [6, 6.07) is 7.94. The Morgan fingerprint density at radius 2 is 1.81 bits per heavy atom. The Bertz CT molecular complexity index is 737. The summed E-state index contributed by atoms with van der Waals surface area (Å²) < 4.78 is 0. The van der Waals surface area contributed by atoms with Gasteiger partial charge in [0.05, 0.1) is 12.2 Å². The third kappa shape index (κ3) is 5.56. The summed E-state index contributed by atoms with van der Waals surface area (Å²) in [5.41, 5.74) is 1.93. The molecule has 0 amide bonds. The molecule has 1 aromatic carbocycles. The van der Waals surface area contributed by atoms with Gasteiger partial charge in [0, 0.05) is 30.1 Å². The SMILES string of the molecule is CCCC1(C(O)c2ccc(C3C(O)CC(=O)C3CCCCCCC(=O)O)cc2)CCC1. The van der Waals surface area contributed by atoms with Gasteiger partial charge in [-0.05, 0) is 43.2 Å². The van der Waals surface area contributed by atoms with Crippen LogP contribution in [-0.4, -0.2) is 33.2 Å². The minimum absolute atomic E-state index is 0.0161. The topological polar surface area (TPSA) is 94.8 Å². The fraction of sp³-hybridized carbons (Fsp3) is 0.692. The van der Waals surface area contributed by atoms with E-state index >= 15 is 0 Å². The number of carboxylic acids is 1. The highest BCUT2D eigenvalue weighted by Gasteiger charge is 2.44. The smallest absolute Gasteiger partial charge is 0.303 e. The first kappa shape index (κ1) is 23.9. The van der Waals surface area contributed by atoms with Crippen molar-refractivity contribution in [1.29, 1.82) is 0 Å². The highest BCUT2D eigenvalue weighted by molar-refractivity contribution is 5.85. The van der Waals surface area contributed by atoms with E-state index in [-0.39, 0.29) is 35.9 Å². The maximum atomic E-state index is 12.5. The molecule has 0 saturated heterocycles. The molecule has 0 radical (unpaired) electrons. The first-order chi connectivity index (χ1) is 14.9. The molecule has 5 nitrogen and oxygen atoms in total. The normalized spacial score (nSPS) is 25.9. The Hall–Kier alpha value is -1.72. The zero-order valence-electron chi connectivity index (χ0n) is 18.8. The van der Waals surface area contributed by atoms with Crippen LogP contribution in [0.25, 0.3) is 0 Å². The van der Waals surface area contributed by atoms with Gasteiger partial charge in [0.2, 0.25) is 0 Å². The number of hydrogen-bond acceptors (Lipinski definition) is 4. The molecule has 31 heavy (non-hydrogen) atoms. The van der Waals surface area contributed by atoms with Crippen molar-refractivity contribution in [2.75, 3.05) is 0 Å². The van der Waals surface area contributed by atoms with Crippen molar-refractivity contribution in [2.45, 2.75) is 102 Å². The fourth-order valence-corrected chi connectivity index (χ4v) is 5.78. The lowest BCUT2D eigenvalue weighted by Gasteiger charge is -2.46. The largest absolute Gasteiger partial charge is 0.481 e. The Labute approximate surface area is 185 Å². The number of aliphatic carboxylic acids is 1. The van der Waals surface area contributed by atoms with E-state index in [0.29, 0.717) is 6.42 Å². The Balaban J connectivity index is 1.61. The number of unbranched alkanes of at least 4 members (excludes halogenated alkanes) is 3. The van der Waals surface area contributed by atoms with Gasteiger partial charge < -0.3 is 15.3 Å². The molecule has 5 heteroatoms. The van der Waals surface area contributed by atoms with Crippen LogP contribution in [0.1, 0.15) is 107 Å². The summed E-state index contributed by atoms with van der Waals surface area (Å²) in [5, 5.41) is 30.3. The highest BCUT2D eigenvalue weighted by Crippen LogP contribution is 2.53. The summed E-state index contributed by atoms with van der Waals surface area (Å²) in [6.07, 6.45) is 8.79. The number of rotatable bonds is 12. The second-order valence-electron chi connectivity index (χ2n) is 9.75. The predicted octanol–water partition coefficient (Wildman–Crippen LogP) is 5.15. The molecule has 1 aromatic rings. The molecule has 3 N–H and O–H groups in total. The van der Waals surface area contributed by atoms with Crippen LogP contribution in [0.4, 0.5) is 0 Å². The number of carbonyl (C=O) groups is 2. The van der Waals surface area contributed by atoms with Crippen molar-refractivity contribution in [3.8, 4) is 0 Å². The van der Waals surface area contributed by atoms with Crippen LogP contribution in [0.15, 0.2) is 24.3 Å². The molecule has 4 atom stereocenters. The second kappa shape index (κ2) is 10.7. The van der Waals surface area contributed by atoms with Crippen LogP contribution in [0.2, 0.25) is 0 Å². The van der Waals surface area contributed by atoms with Gasteiger partial charge in [-0.3, -0.25) is 9.59 Å². The van der Waals surface area contributed by atoms with Gasteiger partial charge in [-0.15, -0.1) is 0 Å². The fourth-order valence-electron chi connectivity index (χ4n) is 5.78. The van der Waals surface area contributed by atoms with E-state index in [2.05, 4.69) is 6.92 Å². The van der Waals surface area contributed by atoms with E-state index in [4.69, 9.17) is 5.11 Å². The van der Waals surface area contributed by atoms with Gasteiger partial charge in [0.1, 0.15) is 5.78 Å². The van der Waals surface area contributed by atoms with Gasteiger partial charge in [0.25, 0.3) is 0 Å². The molecule has 2 aliphatic rings.